The highest BCUT2D eigenvalue weighted by atomic mass is 35.5. The van der Waals surface area contributed by atoms with Crippen LogP contribution in [0.15, 0.2) is 17.1 Å². The number of ether oxygens (including phenoxy) is 1. The summed E-state index contributed by atoms with van der Waals surface area (Å²) in [6.07, 6.45) is -1.38. The Bertz CT molecular complexity index is 1070. The maximum Gasteiger partial charge on any atom is 0.511 e. The number of fused-ring (bicyclic) bond motifs is 1. The maximum atomic E-state index is 14.9. The van der Waals surface area contributed by atoms with Crippen molar-refractivity contribution in [3.8, 4) is 5.75 Å². The first-order chi connectivity index (χ1) is 13.6. The van der Waals surface area contributed by atoms with Gasteiger partial charge >= 0.3 is 6.16 Å². The van der Waals surface area contributed by atoms with Crippen LogP contribution < -0.4 is 15.1 Å². The molecule has 1 aromatic heterocycles. The zero-order valence-electron chi connectivity index (χ0n) is 15.3. The predicted molar refractivity (Wildman–Crippen MR) is 100 cm³/mol. The number of halogens is 4. The van der Waals surface area contributed by atoms with Crippen LogP contribution in [0, 0.1) is 5.82 Å². The Morgan fingerprint density at radius 1 is 1.31 bits per heavy atom. The molecule has 2 fully saturated rings. The first-order valence-corrected chi connectivity index (χ1v) is 9.27. The molecule has 29 heavy (non-hydrogen) atoms. The Hall–Kier alpha value is -2.46. The number of aromatic nitrogens is 1. The van der Waals surface area contributed by atoms with Crippen molar-refractivity contribution >= 4 is 34.3 Å². The van der Waals surface area contributed by atoms with E-state index in [0.717, 1.165) is 16.8 Å². The molecule has 1 aliphatic heterocycles. The van der Waals surface area contributed by atoms with E-state index >= 15 is 0 Å². The Labute approximate surface area is 167 Å². The summed E-state index contributed by atoms with van der Waals surface area (Å²) in [5.74, 6) is -4.52. The van der Waals surface area contributed by atoms with Gasteiger partial charge < -0.3 is 24.2 Å². The Kier molecular flexibility index (Phi) is 4.66. The van der Waals surface area contributed by atoms with Crippen molar-refractivity contribution in [1.82, 2.24) is 9.47 Å². The van der Waals surface area contributed by atoms with Gasteiger partial charge in [-0.25, -0.2) is 18.0 Å². The molecule has 0 amide bonds. The number of nitrogens with zero attached hydrogens (tertiary/aromatic N) is 3. The van der Waals surface area contributed by atoms with E-state index in [1.54, 1.807) is 4.90 Å². The number of likely N-dealkylation sites (N-methyl/N-ethyl adjacent to an activating group) is 1. The first kappa shape index (κ1) is 19.8. The fraction of sp³-hybridized carbons (Fsp3) is 0.444. The standard InChI is InChI=1S/C18H17ClF3N3O4/c1-23-2-4-24(5-3-23)15-10(20)6-9-14(13(15)19)25(12-7-18(12,21)22)8-11(16(9)26)29-17(27)28/h6,8,12H,2-5,7H2,1H3,(H,27,28). The fourth-order valence-electron chi connectivity index (χ4n) is 3.64. The van der Waals surface area contributed by atoms with Gasteiger partial charge in [0.2, 0.25) is 5.43 Å². The number of rotatable bonds is 3. The third kappa shape index (κ3) is 3.40. The van der Waals surface area contributed by atoms with Crippen LogP contribution in [0.3, 0.4) is 0 Å². The minimum atomic E-state index is -3.05. The molecule has 4 rings (SSSR count). The smallest absolute Gasteiger partial charge is 0.449 e. The van der Waals surface area contributed by atoms with Crippen LogP contribution in [0.1, 0.15) is 12.5 Å². The van der Waals surface area contributed by atoms with Crippen LogP contribution in [0.2, 0.25) is 5.02 Å². The molecule has 2 heterocycles. The van der Waals surface area contributed by atoms with Gasteiger partial charge in [0, 0.05) is 32.6 Å². The lowest BCUT2D eigenvalue weighted by Crippen LogP contribution is -2.45. The van der Waals surface area contributed by atoms with E-state index in [1.165, 1.54) is 0 Å². The molecule has 1 aliphatic carbocycles. The SMILES string of the molecule is CN1CCN(c2c(F)cc3c(=O)c(OC(=O)O)cn(C4CC4(F)F)c3c2Cl)CC1. The van der Waals surface area contributed by atoms with Gasteiger partial charge in [0.1, 0.15) is 11.9 Å². The summed E-state index contributed by atoms with van der Waals surface area (Å²) in [5, 5.41) is 8.35. The zero-order chi connectivity index (χ0) is 21.1. The topological polar surface area (TPSA) is 75.0 Å². The highest BCUT2D eigenvalue weighted by molar-refractivity contribution is 6.38. The van der Waals surface area contributed by atoms with Gasteiger partial charge in [0.05, 0.1) is 27.8 Å². The molecule has 0 radical (unpaired) electrons. The Morgan fingerprint density at radius 3 is 2.48 bits per heavy atom. The Balaban J connectivity index is 1.95. The molecule has 0 bridgehead atoms. The largest absolute Gasteiger partial charge is 0.511 e. The molecule has 1 aromatic carbocycles. The summed E-state index contributed by atoms with van der Waals surface area (Å²) in [5.41, 5.74) is -0.962. The van der Waals surface area contributed by atoms with Crippen LogP contribution in [-0.4, -0.2) is 59.9 Å². The summed E-state index contributed by atoms with van der Waals surface area (Å²) in [4.78, 5) is 27.3. The minimum absolute atomic E-state index is 0.0382. The van der Waals surface area contributed by atoms with Crippen molar-refractivity contribution < 1.29 is 27.8 Å². The third-order valence-electron chi connectivity index (χ3n) is 5.30. The minimum Gasteiger partial charge on any atom is -0.449 e. The van der Waals surface area contributed by atoms with E-state index in [9.17, 15) is 22.8 Å². The highest BCUT2D eigenvalue weighted by Crippen LogP contribution is 2.54. The van der Waals surface area contributed by atoms with Gasteiger partial charge in [-0.3, -0.25) is 4.79 Å². The molecule has 2 aliphatic rings. The van der Waals surface area contributed by atoms with Crippen molar-refractivity contribution in [2.45, 2.75) is 18.4 Å². The van der Waals surface area contributed by atoms with Crippen LogP contribution in [0.4, 0.5) is 23.7 Å². The molecule has 2 aromatic rings. The molecular weight excluding hydrogens is 415 g/mol. The average molecular weight is 432 g/mol. The van der Waals surface area contributed by atoms with Crippen molar-refractivity contribution in [2.75, 3.05) is 38.1 Å². The van der Waals surface area contributed by atoms with E-state index in [-0.39, 0.29) is 21.6 Å². The first-order valence-electron chi connectivity index (χ1n) is 8.89. The monoisotopic (exact) mass is 431 g/mol. The number of pyridine rings is 1. The van der Waals surface area contributed by atoms with Gasteiger partial charge in [0.15, 0.2) is 5.75 Å². The number of alkyl halides is 2. The van der Waals surface area contributed by atoms with Gasteiger partial charge in [-0.05, 0) is 13.1 Å². The highest BCUT2D eigenvalue weighted by Gasteiger charge is 2.58. The van der Waals surface area contributed by atoms with Crippen LogP contribution >= 0.6 is 11.6 Å². The zero-order valence-corrected chi connectivity index (χ0v) is 16.0. The van der Waals surface area contributed by atoms with Crippen molar-refractivity contribution in [3.05, 3.63) is 33.3 Å². The molecule has 1 N–H and O–H groups in total. The summed E-state index contributed by atoms with van der Waals surface area (Å²) in [6, 6.07) is -0.423. The maximum absolute atomic E-state index is 14.9. The van der Waals surface area contributed by atoms with Gasteiger partial charge in [-0.2, -0.15) is 0 Å². The molecule has 11 heteroatoms. The van der Waals surface area contributed by atoms with Gasteiger partial charge in [-0.1, -0.05) is 11.6 Å². The average Bonchev–Trinajstić information content (AvgIpc) is 3.27. The van der Waals surface area contributed by atoms with Crippen molar-refractivity contribution in [1.29, 1.82) is 0 Å². The van der Waals surface area contributed by atoms with E-state index in [0.29, 0.717) is 26.2 Å². The fourth-order valence-corrected chi connectivity index (χ4v) is 4.05. The Morgan fingerprint density at radius 2 is 1.93 bits per heavy atom. The number of anilines is 1. The second-order valence-corrected chi connectivity index (χ2v) is 7.66. The molecule has 1 saturated carbocycles. The second-order valence-electron chi connectivity index (χ2n) is 7.29. The van der Waals surface area contributed by atoms with Gasteiger partial charge in [0.25, 0.3) is 5.92 Å². The number of hydrogen-bond acceptors (Lipinski definition) is 5. The van der Waals surface area contributed by atoms with Crippen molar-refractivity contribution in [2.24, 2.45) is 0 Å². The molecule has 1 unspecified atom stereocenters. The lowest BCUT2D eigenvalue weighted by Gasteiger charge is -2.35. The molecule has 1 atom stereocenters. The van der Waals surface area contributed by atoms with E-state index in [1.807, 2.05) is 7.05 Å². The third-order valence-corrected chi connectivity index (χ3v) is 5.65. The molecule has 1 saturated heterocycles. The quantitative estimate of drug-likeness (QED) is 0.752. The lowest BCUT2D eigenvalue weighted by molar-refractivity contribution is 0.101. The van der Waals surface area contributed by atoms with Gasteiger partial charge in [-0.15, -0.1) is 0 Å². The number of carbonyl (C=O) groups is 1. The van der Waals surface area contributed by atoms with Crippen LogP contribution in [-0.2, 0) is 0 Å². The van der Waals surface area contributed by atoms with Crippen LogP contribution in [0.25, 0.3) is 10.9 Å². The van der Waals surface area contributed by atoms with E-state index in [4.69, 9.17) is 16.7 Å². The molecular formula is C18H17ClF3N3O4. The summed E-state index contributed by atoms with van der Waals surface area (Å²) < 4.78 is 48.1. The molecule has 0 spiro atoms. The summed E-state index contributed by atoms with van der Waals surface area (Å²) in [6.45, 7) is 2.27. The number of hydrogen-bond donors (Lipinski definition) is 1. The molecule has 156 valence electrons. The summed E-state index contributed by atoms with van der Waals surface area (Å²) >= 11 is 6.46. The van der Waals surface area contributed by atoms with E-state index < -0.39 is 41.5 Å². The molecule has 7 nitrogen and oxygen atoms in total. The van der Waals surface area contributed by atoms with E-state index in [2.05, 4.69) is 9.64 Å². The second kappa shape index (κ2) is 6.81. The number of carboxylic acid groups (broad SMARTS) is 1. The number of benzene rings is 1. The summed E-state index contributed by atoms with van der Waals surface area (Å²) in [7, 11) is 1.92. The normalized spacial score (nSPS) is 21.4. The van der Waals surface area contributed by atoms with Crippen molar-refractivity contribution in [3.63, 3.8) is 0 Å². The number of piperazine rings is 1. The predicted octanol–water partition coefficient (Wildman–Crippen LogP) is 3.18. The van der Waals surface area contributed by atoms with Crippen LogP contribution in [0.5, 0.6) is 5.75 Å². The lowest BCUT2D eigenvalue weighted by atomic mass is 10.1.